The lowest BCUT2D eigenvalue weighted by Crippen LogP contribution is -2.32. The molecule has 0 aliphatic rings. The third kappa shape index (κ3) is 2.76. The van der Waals surface area contributed by atoms with Gasteiger partial charge < -0.3 is 16.2 Å². The van der Waals surface area contributed by atoms with Gasteiger partial charge >= 0.3 is 0 Å². The van der Waals surface area contributed by atoms with Crippen molar-refractivity contribution in [3.63, 3.8) is 0 Å². The van der Waals surface area contributed by atoms with Gasteiger partial charge in [-0.05, 0) is 19.1 Å². The Morgan fingerprint density at radius 3 is 2.85 bits per heavy atom. The SMILES string of the molecule is C[C@H](N)C(=O)Nc1cccc(O)c1. The fraction of sp³-hybridized carbons (Fsp3) is 0.222. The van der Waals surface area contributed by atoms with Crippen LogP contribution < -0.4 is 11.1 Å². The molecule has 0 radical (unpaired) electrons. The zero-order valence-electron chi connectivity index (χ0n) is 7.32. The molecule has 0 saturated heterocycles. The van der Waals surface area contributed by atoms with Gasteiger partial charge in [0.1, 0.15) is 5.75 Å². The predicted molar refractivity (Wildman–Crippen MR) is 50.4 cm³/mol. The number of hydrogen-bond acceptors (Lipinski definition) is 3. The van der Waals surface area contributed by atoms with Crippen molar-refractivity contribution in [1.82, 2.24) is 0 Å². The summed E-state index contributed by atoms with van der Waals surface area (Å²) in [7, 11) is 0. The first-order valence-electron chi connectivity index (χ1n) is 3.95. The lowest BCUT2D eigenvalue weighted by Gasteiger charge is -2.07. The predicted octanol–water partition coefficient (Wildman–Crippen LogP) is 0.678. The minimum atomic E-state index is -0.553. The van der Waals surface area contributed by atoms with Gasteiger partial charge in [0.2, 0.25) is 5.91 Å². The van der Waals surface area contributed by atoms with Crippen LogP contribution in [0.15, 0.2) is 24.3 Å². The van der Waals surface area contributed by atoms with Gasteiger partial charge in [0.05, 0.1) is 6.04 Å². The maximum Gasteiger partial charge on any atom is 0.241 e. The van der Waals surface area contributed by atoms with E-state index in [2.05, 4.69) is 5.32 Å². The van der Waals surface area contributed by atoms with Gasteiger partial charge in [-0.1, -0.05) is 6.07 Å². The van der Waals surface area contributed by atoms with E-state index in [0.29, 0.717) is 5.69 Å². The number of aromatic hydroxyl groups is 1. The molecule has 13 heavy (non-hydrogen) atoms. The van der Waals surface area contributed by atoms with E-state index >= 15 is 0 Å². The molecule has 0 bridgehead atoms. The average molecular weight is 180 g/mol. The van der Waals surface area contributed by atoms with Gasteiger partial charge in [0, 0.05) is 11.8 Å². The standard InChI is InChI=1S/C9H12N2O2/c1-6(10)9(13)11-7-3-2-4-8(12)5-7/h2-6,12H,10H2,1H3,(H,11,13)/t6-/m0/s1. The van der Waals surface area contributed by atoms with Crippen LogP contribution in [0.5, 0.6) is 5.75 Å². The molecule has 0 unspecified atom stereocenters. The van der Waals surface area contributed by atoms with E-state index in [-0.39, 0.29) is 11.7 Å². The maximum atomic E-state index is 11.1. The van der Waals surface area contributed by atoms with E-state index in [1.54, 1.807) is 19.1 Å². The number of nitrogens with two attached hydrogens (primary N) is 1. The second-order valence-corrected chi connectivity index (χ2v) is 2.83. The van der Waals surface area contributed by atoms with Gasteiger partial charge in [-0.3, -0.25) is 4.79 Å². The first-order chi connectivity index (χ1) is 6.09. The molecule has 1 amide bonds. The lowest BCUT2D eigenvalue weighted by molar-refractivity contribution is -0.117. The highest BCUT2D eigenvalue weighted by Crippen LogP contribution is 2.15. The van der Waals surface area contributed by atoms with E-state index in [1.807, 2.05) is 0 Å². The number of benzene rings is 1. The first-order valence-corrected chi connectivity index (χ1v) is 3.95. The van der Waals surface area contributed by atoms with Crippen LogP contribution in [0.25, 0.3) is 0 Å². The molecule has 4 heteroatoms. The summed E-state index contributed by atoms with van der Waals surface area (Å²) in [4.78, 5) is 11.1. The number of carbonyl (C=O) groups is 1. The summed E-state index contributed by atoms with van der Waals surface area (Å²) in [5.41, 5.74) is 5.89. The van der Waals surface area contributed by atoms with Crippen molar-refractivity contribution < 1.29 is 9.90 Å². The van der Waals surface area contributed by atoms with Crippen LogP contribution in [0.2, 0.25) is 0 Å². The maximum absolute atomic E-state index is 11.1. The molecule has 70 valence electrons. The number of rotatable bonds is 2. The van der Waals surface area contributed by atoms with Crippen LogP contribution in [0, 0.1) is 0 Å². The quantitative estimate of drug-likeness (QED) is 0.626. The van der Waals surface area contributed by atoms with E-state index in [9.17, 15) is 4.79 Å². The van der Waals surface area contributed by atoms with Gasteiger partial charge in [0.25, 0.3) is 0 Å². The highest BCUT2D eigenvalue weighted by Gasteiger charge is 2.06. The minimum absolute atomic E-state index is 0.113. The number of phenols is 1. The molecule has 4 nitrogen and oxygen atoms in total. The minimum Gasteiger partial charge on any atom is -0.508 e. The monoisotopic (exact) mass is 180 g/mol. The fourth-order valence-electron chi connectivity index (χ4n) is 0.840. The molecule has 0 fully saturated rings. The Labute approximate surface area is 76.4 Å². The molecular formula is C9H12N2O2. The number of nitrogens with one attached hydrogen (secondary N) is 1. The molecule has 0 aromatic heterocycles. The number of carbonyl (C=O) groups excluding carboxylic acids is 1. The second kappa shape index (κ2) is 3.91. The summed E-state index contributed by atoms with van der Waals surface area (Å²) in [6.07, 6.45) is 0. The topological polar surface area (TPSA) is 75.4 Å². The molecule has 0 heterocycles. The van der Waals surface area contributed by atoms with Crippen molar-refractivity contribution in [2.45, 2.75) is 13.0 Å². The molecule has 0 aliphatic carbocycles. The zero-order chi connectivity index (χ0) is 9.84. The Balaban J connectivity index is 2.69. The van der Waals surface area contributed by atoms with Crippen LogP contribution in [-0.4, -0.2) is 17.1 Å². The molecule has 1 aromatic carbocycles. The Bertz CT molecular complexity index is 310. The normalized spacial score (nSPS) is 12.2. The molecule has 1 rings (SSSR count). The highest BCUT2D eigenvalue weighted by atomic mass is 16.3. The number of amides is 1. The van der Waals surface area contributed by atoms with Gasteiger partial charge in [-0.15, -0.1) is 0 Å². The molecule has 0 aliphatic heterocycles. The number of hydrogen-bond donors (Lipinski definition) is 3. The Morgan fingerprint density at radius 2 is 2.31 bits per heavy atom. The lowest BCUT2D eigenvalue weighted by atomic mass is 10.2. The smallest absolute Gasteiger partial charge is 0.241 e. The van der Waals surface area contributed by atoms with E-state index in [4.69, 9.17) is 10.8 Å². The summed E-state index contributed by atoms with van der Waals surface area (Å²) in [5.74, 6) is -0.159. The Kier molecular flexibility index (Phi) is 2.87. The molecule has 0 saturated carbocycles. The van der Waals surface area contributed by atoms with Crippen molar-refractivity contribution in [2.24, 2.45) is 5.73 Å². The second-order valence-electron chi connectivity index (χ2n) is 2.83. The van der Waals surface area contributed by atoms with Gasteiger partial charge in [-0.25, -0.2) is 0 Å². The summed E-state index contributed by atoms with van der Waals surface area (Å²) in [6.45, 7) is 1.60. The summed E-state index contributed by atoms with van der Waals surface area (Å²) < 4.78 is 0. The molecule has 4 N–H and O–H groups in total. The van der Waals surface area contributed by atoms with E-state index < -0.39 is 6.04 Å². The van der Waals surface area contributed by atoms with Crippen molar-refractivity contribution in [3.05, 3.63) is 24.3 Å². The molecule has 0 spiro atoms. The van der Waals surface area contributed by atoms with E-state index in [1.165, 1.54) is 12.1 Å². The van der Waals surface area contributed by atoms with Crippen molar-refractivity contribution in [2.75, 3.05) is 5.32 Å². The molecule has 1 atom stereocenters. The van der Waals surface area contributed by atoms with Crippen LogP contribution in [-0.2, 0) is 4.79 Å². The largest absolute Gasteiger partial charge is 0.508 e. The van der Waals surface area contributed by atoms with Crippen LogP contribution in [0.1, 0.15) is 6.92 Å². The van der Waals surface area contributed by atoms with Crippen LogP contribution in [0.4, 0.5) is 5.69 Å². The van der Waals surface area contributed by atoms with E-state index in [0.717, 1.165) is 0 Å². The fourth-order valence-corrected chi connectivity index (χ4v) is 0.840. The molecule has 1 aromatic rings. The summed E-state index contributed by atoms with van der Waals surface area (Å²) >= 11 is 0. The van der Waals surface area contributed by atoms with Gasteiger partial charge in [0.15, 0.2) is 0 Å². The number of phenolic OH excluding ortho intramolecular Hbond substituents is 1. The van der Waals surface area contributed by atoms with Crippen molar-refractivity contribution in [1.29, 1.82) is 0 Å². The van der Waals surface area contributed by atoms with Crippen molar-refractivity contribution >= 4 is 11.6 Å². The molecular weight excluding hydrogens is 168 g/mol. The van der Waals surface area contributed by atoms with Crippen molar-refractivity contribution in [3.8, 4) is 5.75 Å². The third-order valence-electron chi connectivity index (χ3n) is 1.53. The zero-order valence-corrected chi connectivity index (χ0v) is 7.32. The highest BCUT2D eigenvalue weighted by molar-refractivity contribution is 5.94. The summed E-state index contributed by atoms with van der Waals surface area (Å²) in [6, 6.07) is 5.76. The number of anilines is 1. The Morgan fingerprint density at radius 1 is 1.62 bits per heavy atom. The summed E-state index contributed by atoms with van der Waals surface area (Å²) in [5, 5.41) is 11.6. The first kappa shape index (κ1) is 9.54. The van der Waals surface area contributed by atoms with Gasteiger partial charge in [-0.2, -0.15) is 0 Å². The average Bonchev–Trinajstić information content (AvgIpc) is 2.04. The Hall–Kier alpha value is -1.55. The van der Waals surface area contributed by atoms with Crippen LogP contribution >= 0.6 is 0 Å². The third-order valence-corrected chi connectivity index (χ3v) is 1.53. The van der Waals surface area contributed by atoms with Crippen LogP contribution in [0.3, 0.4) is 0 Å².